The molecule has 0 N–H and O–H groups in total. The minimum atomic E-state index is -0.277. The molecule has 0 fully saturated rings. The standard InChI is InChI=1S/C12H21NO2/c1-6-9-10(4)11(7-2)13(5)12(14)15-8-3/h6,9,11H,1,7-8H2,2-5H3/b10-9+/t11-/m1/s1. The van der Waals surface area contributed by atoms with Crippen molar-refractivity contribution in [1.82, 2.24) is 4.90 Å². The van der Waals surface area contributed by atoms with E-state index in [0.717, 1.165) is 12.0 Å². The largest absolute Gasteiger partial charge is 0.450 e. The van der Waals surface area contributed by atoms with Gasteiger partial charge in [-0.1, -0.05) is 31.2 Å². The molecule has 3 nitrogen and oxygen atoms in total. The first-order chi connectivity index (χ1) is 7.08. The van der Waals surface area contributed by atoms with E-state index in [4.69, 9.17) is 4.74 Å². The summed E-state index contributed by atoms with van der Waals surface area (Å²) in [4.78, 5) is 13.1. The summed E-state index contributed by atoms with van der Waals surface area (Å²) in [6.45, 7) is 9.89. The third-order valence-electron chi connectivity index (χ3n) is 2.32. The number of likely N-dealkylation sites (N-methyl/N-ethyl adjacent to an activating group) is 1. The van der Waals surface area contributed by atoms with Crippen LogP contribution in [0.3, 0.4) is 0 Å². The first kappa shape index (κ1) is 13.8. The van der Waals surface area contributed by atoms with Crippen LogP contribution >= 0.6 is 0 Å². The second-order valence-corrected chi connectivity index (χ2v) is 3.38. The smallest absolute Gasteiger partial charge is 0.409 e. The molecule has 0 aliphatic carbocycles. The molecule has 1 atom stereocenters. The van der Waals surface area contributed by atoms with Crippen molar-refractivity contribution >= 4 is 6.09 Å². The minimum absolute atomic E-state index is 0.0852. The fraction of sp³-hybridized carbons (Fsp3) is 0.583. The fourth-order valence-electron chi connectivity index (χ4n) is 1.55. The van der Waals surface area contributed by atoms with Crippen LogP contribution in [0.15, 0.2) is 24.3 Å². The number of ether oxygens (including phenoxy) is 1. The highest BCUT2D eigenvalue weighted by atomic mass is 16.6. The molecule has 0 heterocycles. The summed E-state index contributed by atoms with van der Waals surface area (Å²) < 4.78 is 4.95. The highest BCUT2D eigenvalue weighted by molar-refractivity contribution is 5.68. The maximum atomic E-state index is 11.5. The second-order valence-electron chi connectivity index (χ2n) is 3.38. The van der Waals surface area contributed by atoms with Crippen molar-refractivity contribution < 1.29 is 9.53 Å². The van der Waals surface area contributed by atoms with E-state index in [0.29, 0.717) is 6.61 Å². The summed E-state index contributed by atoms with van der Waals surface area (Å²) in [6.07, 6.45) is 4.24. The van der Waals surface area contributed by atoms with Crippen LogP contribution in [0.5, 0.6) is 0 Å². The van der Waals surface area contributed by atoms with E-state index in [-0.39, 0.29) is 12.1 Å². The Hall–Kier alpha value is -1.25. The molecule has 86 valence electrons. The molecular formula is C12H21NO2. The van der Waals surface area contributed by atoms with E-state index < -0.39 is 0 Å². The lowest BCUT2D eigenvalue weighted by Gasteiger charge is -2.27. The van der Waals surface area contributed by atoms with Gasteiger partial charge < -0.3 is 9.64 Å². The van der Waals surface area contributed by atoms with Gasteiger partial charge in [-0.2, -0.15) is 0 Å². The van der Waals surface area contributed by atoms with Gasteiger partial charge in [0.2, 0.25) is 0 Å². The number of carbonyl (C=O) groups is 1. The zero-order valence-electron chi connectivity index (χ0n) is 10.1. The molecule has 1 amide bonds. The maximum absolute atomic E-state index is 11.5. The Kier molecular flexibility index (Phi) is 6.50. The van der Waals surface area contributed by atoms with E-state index in [1.165, 1.54) is 0 Å². The predicted octanol–water partition coefficient (Wildman–Crippen LogP) is 2.99. The number of amides is 1. The van der Waals surface area contributed by atoms with Crippen LogP contribution < -0.4 is 0 Å². The molecule has 15 heavy (non-hydrogen) atoms. The van der Waals surface area contributed by atoms with E-state index in [9.17, 15) is 4.79 Å². The van der Waals surface area contributed by atoms with Crippen molar-refractivity contribution in [1.29, 1.82) is 0 Å². The first-order valence-electron chi connectivity index (χ1n) is 5.27. The molecule has 0 spiro atoms. The van der Waals surface area contributed by atoms with E-state index in [1.807, 2.05) is 19.9 Å². The first-order valence-corrected chi connectivity index (χ1v) is 5.27. The zero-order valence-corrected chi connectivity index (χ0v) is 10.1. The maximum Gasteiger partial charge on any atom is 0.409 e. The molecule has 0 aromatic heterocycles. The van der Waals surface area contributed by atoms with Gasteiger partial charge in [0.05, 0.1) is 12.6 Å². The molecule has 0 unspecified atom stereocenters. The lowest BCUT2D eigenvalue weighted by Crippen LogP contribution is -2.37. The molecule has 0 aromatic rings. The number of nitrogens with zero attached hydrogens (tertiary/aromatic N) is 1. The van der Waals surface area contributed by atoms with Crippen molar-refractivity contribution in [2.24, 2.45) is 0 Å². The highest BCUT2D eigenvalue weighted by Crippen LogP contribution is 2.13. The summed E-state index contributed by atoms with van der Waals surface area (Å²) in [7, 11) is 1.76. The monoisotopic (exact) mass is 211 g/mol. The van der Waals surface area contributed by atoms with Gasteiger partial charge in [0, 0.05) is 7.05 Å². The number of hydrogen-bond donors (Lipinski definition) is 0. The van der Waals surface area contributed by atoms with Crippen LogP contribution in [0, 0.1) is 0 Å². The average Bonchev–Trinajstić information content (AvgIpc) is 2.19. The Morgan fingerprint density at radius 1 is 1.53 bits per heavy atom. The normalized spacial score (nSPS) is 13.2. The van der Waals surface area contributed by atoms with E-state index >= 15 is 0 Å². The fourth-order valence-corrected chi connectivity index (χ4v) is 1.55. The van der Waals surface area contributed by atoms with Crippen molar-refractivity contribution in [3.05, 3.63) is 24.3 Å². The molecule has 3 heteroatoms. The Bertz CT molecular complexity index is 246. The predicted molar refractivity (Wildman–Crippen MR) is 62.8 cm³/mol. The summed E-state index contributed by atoms with van der Waals surface area (Å²) in [5.41, 5.74) is 1.11. The van der Waals surface area contributed by atoms with Gasteiger partial charge in [0.15, 0.2) is 0 Å². The summed E-state index contributed by atoms with van der Waals surface area (Å²) in [5.74, 6) is 0. The van der Waals surface area contributed by atoms with Gasteiger partial charge in [0.1, 0.15) is 0 Å². The van der Waals surface area contributed by atoms with Crippen molar-refractivity contribution in [2.45, 2.75) is 33.2 Å². The topological polar surface area (TPSA) is 29.5 Å². The number of carbonyl (C=O) groups excluding carboxylic acids is 1. The van der Waals surface area contributed by atoms with Crippen LogP contribution in [0.1, 0.15) is 27.2 Å². The van der Waals surface area contributed by atoms with Gasteiger partial charge >= 0.3 is 6.09 Å². The molecule has 0 aromatic carbocycles. The Morgan fingerprint density at radius 3 is 2.53 bits per heavy atom. The van der Waals surface area contributed by atoms with Crippen LogP contribution in [0.2, 0.25) is 0 Å². The Labute approximate surface area is 92.4 Å². The second kappa shape index (κ2) is 7.10. The Morgan fingerprint density at radius 2 is 2.13 bits per heavy atom. The van der Waals surface area contributed by atoms with Crippen LogP contribution in [0.25, 0.3) is 0 Å². The minimum Gasteiger partial charge on any atom is -0.450 e. The van der Waals surface area contributed by atoms with Gasteiger partial charge in [-0.25, -0.2) is 4.79 Å². The highest BCUT2D eigenvalue weighted by Gasteiger charge is 2.19. The van der Waals surface area contributed by atoms with Crippen LogP contribution in [0.4, 0.5) is 4.79 Å². The summed E-state index contributed by atoms with van der Waals surface area (Å²) >= 11 is 0. The van der Waals surface area contributed by atoms with E-state index in [2.05, 4.69) is 6.58 Å². The molecule has 0 saturated heterocycles. The van der Waals surface area contributed by atoms with Gasteiger partial charge in [-0.3, -0.25) is 0 Å². The van der Waals surface area contributed by atoms with Crippen LogP contribution in [-0.2, 0) is 4.74 Å². The third-order valence-corrected chi connectivity index (χ3v) is 2.32. The Balaban J connectivity index is 4.59. The molecule has 0 radical (unpaired) electrons. The van der Waals surface area contributed by atoms with Gasteiger partial charge in [-0.05, 0) is 20.3 Å². The number of rotatable bonds is 5. The van der Waals surface area contributed by atoms with Gasteiger partial charge in [0.25, 0.3) is 0 Å². The lowest BCUT2D eigenvalue weighted by atomic mass is 10.1. The summed E-state index contributed by atoms with van der Waals surface area (Å²) in [5, 5.41) is 0. The van der Waals surface area contributed by atoms with Crippen molar-refractivity contribution in [3.8, 4) is 0 Å². The molecular weight excluding hydrogens is 190 g/mol. The van der Waals surface area contributed by atoms with Crippen molar-refractivity contribution in [2.75, 3.05) is 13.7 Å². The SMILES string of the molecule is C=C/C=C(\C)[C@@H](CC)N(C)C(=O)OCC. The zero-order chi connectivity index (χ0) is 11.8. The van der Waals surface area contributed by atoms with Gasteiger partial charge in [-0.15, -0.1) is 0 Å². The molecule has 0 aliphatic heterocycles. The number of allylic oxidation sites excluding steroid dienone is 2. The summed E-state index contributed by atoms with van der Waals surface area (Å²) in [6, 6.07) is 0.0852. The molecule has 0 bridgehead atoms. The quantitative estimate of drug-likeness (QED) is 0.654. The van der Waals surface area contributed by atoms with E-state index in [1.54, 1.807) is 24.9 Å². The lowest BCUT2D eigenvalue weighted by molar-refractivity contribution is 0.106. The van der Waals surface area contributed by atoms with Crippen molar-refractivity contribution in [3.63, 3.8) is 0 Å². The number of hydrogen-bond acceptors (Lipinski definition) is 2. The molecule has 0 saturated carbocycles. The third kappa shape index (κ3) is 4.19. The molecule has 0 aliphatic rings. The molecule has 0 rings (SSSR count). The average molecular weight is 211 g/mol. The van der Waals surface area contributed by atoms with Crippen LogP contribution in [-0.4, -0.2) is 30.7 Å².